The molecular formula is C27H18ClFN4O5. The minimum absolute atomic E-state index is 0.0134. The van der Waals surface area contributed by atoms with Crippen molar-refractivity contribution in [1.29, 1.82) is 0 Å². The maximum absolute atomic E-state index is 13.8. The summed E-state index contributed by atoms with van der Waals surface area (Å²) in [5.41, 5.74) is 1.60. The van der Waals surface area contributed by atoms with Gasteiger partial charge in [0.05, 0.1) is 39.2 Å². The molecule has 4 atom stereocenters. The van der Waals surface area contributed by atoms with Gasteiger partial charge in [0, 0.05) is 18.3 Å². The lowest BCUT2D eigenvalue weighted by atomic mass is 9.84. The van der Waals surface area contributed by atoms with Gasteiger partial charge in [-0.2, -0.15) is 0 Å². The average molecular weight is 533 g/mol. The number of amides is 3. The summed E-state index contributed by atoms with van der Waals surface area (Å²) in [6.07, 6.45) is 3.49. The van der Waals surface area contributed by atoms with E-state index in [-0.39, 0.29) is 22.1 Å². The molecule has 3 heterocycles. The lowest BCUT2D eigenvalue weighted by molar-refractivity contribution is -0.384. The van der Waals surface area contributed by atoms with Crippen LogP contribution in [0.25, 0.3) is 6.08 Å². The summed E-state index contributed by atoms with van der Waals surface area (Å²) in [7, 11) is 0. The number of carbonyl (C=O) groups is 3. The van der Waals surface area contributed by atoms with Crippen LogP contribution < -0.4 is 10.2 Å². The smallest absolute Gasteiger partial charge is 0.271 e. The third-order valence-corrected chi connectivity index (χ3v) is 7.56. The summed E-state index contributed by atoms with van der Waals surface area (Å²) >= 11 is 6.21. The van der Waals surface area contributed by atoms with Crippen molar-refractivity contribution in [3.05, 3.63) is 105 Å². The Bertz CT molecular complexity index is 1560. The number of imide groups is 1. The second kappa shape index (κ2) is 8.77. The number of hydrogen-bond acceptors (Lipinski definition) is 6. The Kier molecular flexibility index (Phi) is 5.50. The second-order valence-electron chi connectivity index (χ2n) is 9.23. The summed E-state index contributed by atoms with van der Waals surface area (Å²) in [4.78, 5) is 54.7. The molecule has 9 nitrogen and oxygen atoms in total. The van der Waals surface area contributed by atoms with E-state index >= 15 is 0 Å². The highest BCUT2D eigenvalue weighted by Crippen LogP contribution is 2.53. The van der Waals surface area contributed by atoms with Gasteiger partial charge in [0.2, 0.25) is 17.7 Å². The number of rotatable bonds is 4. The van der Waals surface area contributed by atoms with E-state index in [2.05, 4.69) is 5.32 Å². The van der Waals surface area contributed by atoms with Gasteiger partial charge in [-0.05, 0) is 47.5 Å². The van der Waals surface area contributed by atoms with Crippen LogP contribution in [0.1, 0.15) is 17.2 Å². The van der Waals surface area contributed by atoms with E-state index in [4.69, 9.17) is 11.6 Å². The second-order valence-corrected chi connectivity index (χ2v) is 9.64. The summed E-state index contributed by atoms with van der Waals surface area (Å²) < 4.78 is 13.6. The van der Waals surface area contributed by atoms with Gasteiger partial charge in [-0.15, -0.1) is 0 Å². The summed E-state index contributed by atoms with van der Waals surface area (Å²) in [5, 5.41) is 14.0. The zero-order valence-electron chi connectivity index (χ0n) is 19.5. The van der Waals surface area contributed by atoms with Crippen molar-refractivity contribution in [2.75, 3.05) is 10.2 Å². The van der Waals surface area contributed by atoms with Crippen molar-refractivity contribution in [3.8, 4) is 0 Å². The number of fused-ring (bicyclic) bond motifs is 5. The first kappa shape index (κ1) is 23.8. The van der Waals surface area contributed by atoms with Gasteiger partial charge >= 0.3 is 0 Å². The highest BCUT2D eigenvalue weighted by Gasteiger charge is 2.64. The Labute approximate surface area is 220 Å². The van der Waals surface area contributed by atoms with Crippen molar-refractivity contribution in [1.82, 2.24) is 4.90 Å². The lowest BCUT2D eigenvalue weighted by Gasteiger charge is -2.35. The molecular weight excluding hydrogens is 515 g/mol. The maximum Gasteiger partial charge on any atom is 0.271 e. The molecule has 0 aliphatic carbocycles. The average Bonchev–Trinajstić information content (AvgIpc) is 3.38. The monoisotopic (exact) mass is 532 g/mol. The molecule has 3 aliphatic rings. The molecule has 0 radical (unpaired) electrons. The first-order valence-corrected chi connectivity index (χ1v) is 12.1. The van der Waals surface area contributed by atoms with E-state index in [0.717, 1.165) is 34.2 Å². The van der Waals surface area contributed by atoms with Crippen LogP contribution in [0.4, 0.5) is 21.5 Å². The Morgan fingerprint density at radius 1 is 1.00 bits per heavy atom. The topological polar surface area (TPSA) is 113 Å². The van der Waals surface area contributed by atoms with E-state index in [1.54, 1.807) is 17.2 Å². The molecule has 38 heavy (non-hydrogen) atoms. The zero-order chi connectivity index (χ0) is 26.7. The molecule has 3 amide bonds. The van der Waals surface area contributed by atoms with E-state index in [1.165, 1.54) is 24.3 Å². The Morgan fingerprint density at radius 3 is 2.45 bits per heavy atom. The van der Waals surface area contributed by atoms with Gasteiger partial charge in [0.25, 0.3) is 5.69 Å². The number of non-ortho nitro benzene ring substituents is 1. The number of anilines is 2. The normalized spacial score (nSPS) is 23.2. The third-order valence-electron chi connectivity index (χ3n) is 7.23. The molecule has 190 valence electrons. The number of carbonyl (C=O) groups excluding carboxylic acids is 3. The molecule has 3 aromatic rings. The molecule has 6 rings (SSSR count). The molecule has 2 saturated heterocycles. The van der Waals surface area contributed by atoms with E-state index in [9.17, 15) is 28.9 Å². The van der Waals surface area contributed by atoms with Crippen molar-refractivity contribution in [2.24, 2.45) is 11.8 Å². The molecule has 0 aromatic heterocycles. The van der Waals surface area contributed by atoms with Gasteiger partial charge in [-0.1, -0.05) is 35.9 Å². The molecule has 3 aliphatic heterocycles. The SMILES string of the molecule is O=C(Nc1cc([N+](=O)[O-])ccc1Cl)[C@@H]1[C@@H]2C(=O)N(c3ccc(F)cc3)C(=O)[C@H]2[C@H]2c3ccccc3C=CN12. The van der Waals surface area contributed by atoms with Gasteiger partial charge in [0.1, 0.15) is 11.9 Å². The van der Waals surface area contributed by atoms with Crippen LogP contribution >= 0.6 is 11.6 Å². The van der Waals surface area contributed by atoms with Gasteiger partial charge in [0.15, 0.2) is 0 Å². The number of nitrogens with one attached hydrogen (secondary N) is 1. The van der Waals surface area contributed by atoms with Crippen LogP contribution in [0.3, 0.4) is 0 Å². The Hall–Kier alpha value is -4.57. The number of nitro benzene ring substituents is 1. The molecule has 2 fully saturated rings. The molecule has 0 spiro atoms. The Balaban J connectivity index is 1.43. The van der Waals surface area contributed by atoms with Crippen LogP contribution in [0.2, 0.25) is 5.02 Å². The minimum atomic E-state index is -1.12. The molecule has 1 N–H and O–H groups in total. The fraction of sp³-hybridized carbons (Fsp3) is 0.148. The summed E-state index contributed by atoms with van der Waals surface area (Å²) in [5.74, 6) is -4.19. The Morgan fingerprint density at radius 2 is 1.71 bits per heavy atom. The first-order chi connectivity index (χ1) is 18.3. The van der Waals surface area contributed by atoms with E-state index in [1.807, 2.05) is 24.3 Å². The lowest BCUT2D eigenvalue weighted by Crippen LogP contribution is -2.46. The van der Waals surface area contributed by atoms with Crippen molar-refractivity contribution >= 4 is 52.5 Å². The van der Waals surface area contributed by atoms with Crippen molar-refractivity contribution < 1.29 is 23.7 Å². The number of nitro groups is 1. The van der Waals surface area contributed by atoms with Crippen LogP contribution in [0, 0.1) is 27.8 Å². The number of hydrogen-bond donors (Lipinski definition) is 1. The highest BCUT2D eigenvalue weighted by atomic mass is 35.5. The van der Waals surface area contributed by atoms with Gasteiger partial charge < -0.3 is 10.2 Å². The minimum Gasteiger partial charge on any atom is -0.357 e. The highest BCUT2D eigenvalue weighted by molar-refractivity contribution is 6.34. The zero-order valence-corrected chi connectivity index (χ0v) is 20.2. The first-order valence-electron chi connectivity index (χ1n) is 11.7. The number of nitrogens with zero attached hydrogens (tertiary/aromatic N) is 3. The van der Waals surface area contributed by atoms with Gasteiger partial charge in [-0.3, -0.25) is 24.5 Å². The molecule has 11 heteroatoms. The maximum atomic E-state index is 13.8. The number of halogens is 2. The standard InChI is InChI=1S/C27H18ClFN4O5/c28-19-10-9-17(33(37)38)13-20(19)30-25(34)24-22-21(23-18-4-2-1-3-14(18)11-12-31(23)24)26(35)32(27(22)36)16-7-5-15(29)6-8-16/h1-13,21-24H,(H,30,34)/t21-,22-,23-,24+/m1/s1. The molecule has 3 aromatic carbocycles. The van der Waals surface area contributed by atoms with E-state index in [0.29, 0.717) is 0 Å². The van der Waals surface area contributed by atoms with Crippen molar-refractivity contribution in [3.63, 3.8) is 0 Å². The molecule has 0 unspecified atom stereocenters. The molecule has 0 bridgehead atoms. The van der Waals surface area contributed by atoms with Gasteiger partial charge in [-0.25, -0.2) is 9.29 Å². The van der Waals surface area contributed by atoms with Crippen molar-refractivity contribution in [2.45, 2.75) is 12.1 Å². The van der Waals surface area contributed by atoms with Crippen LogP contribution in [-0.2, 0) is 14.4 Å². The predicted molar refractivity (Wildman–Crippen MR) is 136 cm³/mol. The fourth-order valence-corrected chi connectivity index (χ4v) is 5.80. The largest absolute Gasteiger partial charge is 0.357 e. The summed E-state index contributed by atoms with van der Waals surface area (Å²) in [6.45, 7) is 0. The summed E-state index contributed by atoms with van der Waals surface area (Å²) in [6, 6.07) is 14.3. The number of benzene rings is 3. The third kappa shape index (κ3) is 3.56. The van der Waals surface area contributed by atoms with Crippen LogP contribution in [0.5, 0.6) is 0 Å². The fourth-order valence-electron chi connectivity index (χ4n) is 5.63. The molecule has 0 saturated carbocycles. The van der Waals surface area contributed by atoms with Crippen LogP contribution in [-0.4, -0.2) is 33.6 Å². The van der Waals surface area contributed by atoms with E-state index < -0.39 is 52.4 Å². The predicted octanol–water partition coefficient (Wildman–Crippen LogP) is 4.54. The van der Waals surface area contributed by atoms with Crippen LogP contribution in [0.15, 0.2) is 72.9 Å². The quantitative estimate of drug-likeness (QED) is 0.300.